The van der Waals surface area contributed by atoms with E-state index in [4.69, 9.17) is 4.74 Å². The summed E-state index contributed by atoms with van der Waals surface area (Å²) in [5, 5.41) is 4.66. The molecule has 0 radical (unpaired) electrons. The largest absolute Gasteiger partial charge is 0.496 e. The lowest BCUT2D eigenvalue weighted by molar-refractivity contribution is -0.120. The average molecular weight is 469 g/mol. The van der Waals surface area contributed by atoms with Gasteiger partial charge >= 0.3 is 0 Å². The maximum Gasteiger partial charge on any atom is 0.241 e. The number of nitrogens with zero attached hydrogens (tertiary/aromatic N) is 1. The first kappa shape index (κ1) is 24.6. The van der Waals surface area contributed by atoms with Gasteiger partial charge in [-0.05, 0) is 60.0 Å². The van der Waals surface area contributed by atoms with E-state index in [-0.39, 0.29) is 24.4 Å². The molecule has 3 aromatic rings. The van der Waals surface area contributed by atoms with Crippen LogP contribution in [0.4, 0.5) is 5.69 Å². The Kier molecular flexibility index (Phi) is 7.32. The lowest BCUT2D eigenvalue weighted by atomic mass is 9.93. The molecule has 3 rings (SSSR count). The van der Waals surface area contributed by atoms with Crippen LogP contribution < -0.4 is 14.4 Å². The van der Waals surface area contributed by atoms with Crippen LogP contribution in [0.2, 0.25) is 0 Å². The van der Waals surface area contributed by atoms with Crippen LogP contribution >= 0.6 is 0 Å². The number of methoxy groups -OCH3 is 1. The molecule has 0 fully saturated rings. The van der Waals surface area contributed by atoms with Crippen molar-refractivity contribution in [3.8, 4) is 5.75 Å². The standard InChI is InChI=1S/C26H32N2O4S/c1-17(2)22-15-23(18(3)14-25(22)32-5)19(4)27-26(29)16-28(33(6,30)31)24-13-9-11-20-10-7-8-12-21(20)24/h7-15,17,19H,16H2,1-6H3,(H,27,29)/t19-/m0/s1. The molecule has 0 heterocycles. The fourth-order valence-electron chi connectivity index (χ4n) is 4.11. The molecule has 0 saturated heterocycles. The summed E-state index contributed by atoms with van der Waals surface area (Å²) in [5.74, 6) is 0.709. The quantitative estimate of drug-likeness (QED) is 0.509. The molecule has 0 aromatic heterocycles. The van der Waals surface area contributed by atoms with Crippen molar-refractivity contribution in [2.75, 3.05) is 24.2 Å². The van der Waals surface area contributed by atoms with Gasteiger partial charge in [0.25, 0.3) is 0 Å². The SMILES string of the molecule is COc1cc(C)c([C@H](C)NC(=O)CN(c2cccc3ccccc23)S(C)(=O)=O)cc1C(C)C. The van der Waals surface area contributed by atoms with Crippen LogP contribution in [0.25, 0.3) is 10.8 Å². The van der Waals surface area contributed by atoms with Gasteiger partial charge in [-0.1, -0.05) is 50.2 Å². The van der Waals surface area contributed by atoms with Crippen LogP contribution in [0, 0.1) is 6.92 Å². The number of carbonyl (C=O) groups is 1. The van der Waals surface area contributed by atoms with Crippen LogP contribution in [0.15, 0.2) is 54.6 Å². The summed E-state index contributed by atoms with van der Waals surface area (Å²) in [6.45, 7) is 7.76. The lowest BCUT2D eigenvalue weighted by Crippen LogP contribution is -2.41. The van der Waals surface area contributed by atoms with Crippen molar-refractivity contribution in [2.45, 2.75) is 39.7 Å². The number of fused-ring (bicyclic) bond motifs is 1. The van der Waals surface area contributed by atoms with E-state index in [0.29, 0.717) is 5.69 Å². The second kappa shape index (κ2) is 9.83. The highest BCUT2D eigenvalue weighted by Crippen LogP contribution is 2.32. The Bertz CT molecular complexity index is 1260. The van der Waals surface area contributed by atoms with Gasteiger partial charge in [0.2, 0.25) is 15.9 Å². The van der Waals surface area contributed by atoms with E-state index in [1.165, 1.54) is 0 Å². The summed E-state index contributed by atoms with van der Waals surface area (Å²) in [7, 11) is -2.03. The van der Waals surface area contributed by atoms with Gasteiger partial charge in [0.05, 0.1) is 25.1 Å². The van der Waals surface area contributed by atoms with Crippen molar-refractivity contribution in [2.24, 2.45) is 0 Å². The van der Waals surface area contributed by atoms with Crippen molar-refractivity contribution in [1.82, 2.24) is 5.32 Å². The Labute approximate surface area is 196 Å². The smallest absolute Gasteiger partial charge is 0.241 e. The van der Waals surface area contributed by atoms with Crippen LogP contribution in [-0.4, -0.2) is 34.2 Å². The van der Waals surface area contributed by atoms with Crippen molar-refractivity contribution in [1.29, 1.82) is 0 Å². The number of rotatable bonds is 8. The third kappa shape index (κ3) is 5.47. The minimum atomic E-state index is -3.68. The second-order valence-electron chi connectivity index (χ2n) is 8.66. The van der Waals surface area contributed by atoms with Gasteiger partial charge < -0.3 is 10.1 Å². The Morgan fingerprint density at radius 2 is 1.70 bits per heavy atom. The molecule has 33 heavy (non-hydrogen) atoms. The van der Waals surface area contributed by atoms with Crippen LogP contribution in [0.3, 0.4) is 0 Å². The predicted molar refractivity (Wildman–Crippen MR) is 135 cm³/mol. The minimum absolute atomic E-state index is 0.259. The number of hydrogen-bond donors (Lipinski definition) is 1. The number of benzene rings is 3. The molecule has 3 aromatic carbocycles. The summed E-state index contributed by atoms with van der Waals surface area (Å²) >= 11 is 0. The molecule has 0 spiro atoms. The van der Waals surface area contributed by atoms with Crippen molar-refractivity contribution >= 4 is 32.4 Å². The number of ether oxygens (including phenoxy) is 1. The number of aryl methyl sites for hydroxylation is 1. The Hall–Kier alpha value is -3.06. The average Bonchev–Trinajstić information content (AvgIpc) is 2.75. The molecule has 0 aliphatic carbocycles. The zero-order chi connectivity index (χ0) is 24.3. The predicted octanol–water partition coefficient (Wildman–Crippen LogP) is 4.92. The van der Waals surface area contributed by atoms with Gasteiger partial charge in [-0.25, -0.2) is 8.42 Å². The Morgan fingerprint density at radius 3 is 2.33 bits per heavy atom. The van der Waals surface area contributed by atoms with Gasteiger partial charge in [0, 0.05) is 5.39 Å². The highest BCUT2D eigenvalue weighted by Gasteiger charge is 2.24. The molecule has 1 atom stereocenters. The fraction of sp³-hybridized carbons (Fsp3) is 0.346. The molecule has 0 aliphatic heterocycles. The molecular formula is C26H32N2O4S. The van der Waals surface area contributed by atoms with E-state index in [2.05, 4.69) is 25.2 Å². The molecule has 1 N–H and O–H groups in total. The van der Waals surface area contributed by atoms with Crippen molar-refractivity contribution in [3.63, 3.8) is 0 Å². The number of amides is 1. The molecule has 6 nitrogen and oxygen atoms in total. The minimum Gasteiger partial charge on any atom is -0.496 e. The van der Waals surface area contributed by atoms with Crippen LogP contribution in [-0.2, 0) is 14.8 Å². The monoisotopic (exact) mass is 468 g/mol. The fourth-order valence-corrected chi connectivity index (χ4v) is 4.98. The van der Waals surface area contributed by atoms with E-state index in [1.807, 2.05) is 50.2 Å². The summed E-state index contributed by atoms with van der Waals surface area (Å²) in [4.78, 5) is 13.0. The molecular weight excluding hydrogens is 436 g/mol. The molecule has 0 unspecified atom stereocenters. The third-order valence-corrected chi connectivity index (χ3v) is 6.93. The highest BCUT2D eigenvalue weighted by molar-refractivity contribution is 7.92. The van der Waals surface area contributed by atoms with Gasteiger partial charge in [-0.15, -0.1) is 0 Å². The first-order valence-electron chi connectivity index (χ1n) is 11.0. The Morgan fingerprint density at radius 1 is 1.03 bits per heavy atom. The lowest BCUT2D eigenvalue weighted by Gasteiger charge is -2.25. The van der Waals surface area contributed by atoms with Crippen LogP contribution in [0.5, 0.6) is 5.75 Å². The summed E-state index contributed by atoms with van der Waals surface area (Å²) < 4.78 is 32.0. The first-order chi connectivity index (χ1) is 15.5. The number of sulfonamides is 1. The zero-order valence-electron chi connectivity index (χ0n) is 20.0. The van der Waals surface area contributed by atoms with Crippen molar-refractivity contribution < 1.29 is 17.9 Å². The Balaban J connectivity index is 1.88. The van der Waals surface area contributed by atoms with E-state index < -0.39 is 10.0 Å². The first-order valence-corrected chi connectivity index (χ1v) is 12.8. The topological polar surface area (TPSA) is 75.7 Å². The maximum absolute atomic E-state index is 13.0. The molecule has 7 heteroatoms. The number of carbonyl (C=O) groups excluding carboxylic acids is 1. The number of hydrogen-bond acceptors (Lipinski definition) is 4. The van der Waals surface area contributed by atoms with Crippen molar-refractivity contribution in [3.05, 3.63) is 71.3 Å². The molecule has 1 amide bonds. The summed E-state index contributed by atoms with van der Waals surface area (Å²) in [5.41, 5.74) is 3.52. The molecule has 0 bridgehead atoms. The molecule has 0 aliphatic rings. The summed E-state index contributed by atoms with van der Waals surface area (Å²) in [6, 6.07) is 16.7. The normalized spacial score (nSPS) is 12.6. The molecule has 176 valence electrons. The third-order valence-electron chi connectivity index (χ3n) is 5.81. The van der Waals surface area contributed by atoms with Gasteiger partial charge in [-0.3, -0.25) is 9.10 Å². The second-order valence-corrected chi connectivity index (χ2v) is 10.6. The highest BCUT2D eigenvalue weighted by atomic mass is 32.2. The van der Waals surface area contributed by atoms with Gasteiger partial charge in [0.15, 0.2) is 0 Å². The van der Waals surface area contributed by atoms with E-state index >= 15 is 0 Å². The van der Waals surface area contributed by atoms with E-state index in [1.54, 1.807) is 19.2 Å². The maximum atomic E-state index is 13.0. The summed E-state index contributed by atoms with van der Waals surface area (Å²) in [6.07, 6.45) is 1.12. The number of nitrogens with one attached hydrogen (secondary N) is 1. The van der Waals surface area contributed by atoms with E-state index in [9.17, 15) is 13.2 Å². The zero-order valence-corrected chi connectivity index (χ0v) is 20.9. The van der Waals surface area contributed by atoms with Crippen LogP contribution in [0.1, 0.15) is 49.4 Å². The van der Waals surface area contributed by atoms with Gasteiger partial charge in [0.1, 0.15) is 12.3 Å². The van der Waals surface area contributed by atoms with E-state index in [0.717, 1.165) is 43.8 Å². The molecule has 0 saturated carbocycles. The van der Waals surface area contributed by atoms with Gasteiger partial charge in [-0.2, -0.15) is 0 Å². The number of anilines is 1.